The monoisotopic (exact) mass is 289 g/mol. The molecule has 1 aliphatic carbocycles. The molecule has 0 aliphatic heterocycles. The van der Waals surface area contributed by atoms with Gasteiger partial charge >= 0.3 is 5.97 Å². The van der Waals surface area contributed by atoms with Gasteiger partial charge in [-0.15, -0.1) is 0 Å². The number of carboxylic acids is 1. The zero-order chi connectivity index (χ0) is 15.4. The van der Waals surface area contributed by atoms with Crippen molar-refractivity contribution in [3.8, 4) is 0 Å². The van der Waals surface area contributed by atoms with Gasteiger partial charge in [-0.1, -0.05) is 30.3 Å². The molecule has 0 spiro atoms. The first kappa shape index (κ1) is 15.5. The highest BCUT2D eigenvalue weighted by Gasteiger charge is 2.45. The summed E-state index contributed by atoms with van der Waals surface area (Å²) in [5.74, 6) is -0.233. The van der Waals surface area contributed by atoms with Crippen LogP contribution in [0.25, 0.3) is 0 Å². The Hall–Kier alpha value is -1.84. The van der Waals surface area contributed by atoms with Crippen LogP contribution in [0.15, 0.2) is 30.3 Å². The normalized spacial score (nSPS) is 20.3. The zero-order valence-corrected chi connectivity index (χ0v) is 12.7. The number of hydrogen-bond donors (Lipinski definition) is 1. The Bertz CT molecular complexity index is 498. The summed E-state index contributed by atoms with van der Waals surface area (Å²) < 4.78 is 0. The Kier molecular flexibility index (Phi) is 4.99. The Morgan fingerprint density at radius 3 is 2.52 bits per heavy atom. The van der Waals surface area contributed by atoms with Gasteiger partial charge < -0.3 is 10.0 Å². The molecule has 2 atom stereocenters. The SMILES string of the molecule is CC(C)N(CCCC(=O)O)C(=O)C1CC1c1ccccc1. The van der Waals surface area contributed by atoms with E-state index in [1.54, 1.807) is 0 Å². The molecule has 0 saturated heterocycles. The van der Waals surface area contributed by atoms with E-state index in [0.29, 0.717) is 18.9 Å². The van der Waals surface area contributed by atoms with Crippen LogP contribution in [0.1, 0.15) is 44.6 Å². The number of carbonyl (C=O) groups is 2. The highest BCUT2D eigenvalue weighted by Crippen LogP contribution is 2.48. The van der Waals surface area contributed by atoms with Gasteiger partial charge in [0.25, 0.3) is 0 Å². The smallest absolute Gasteiger partial charge is 0.303 e. The molecule has 1 aliphatic rings. The fourth-order valence-corrected chi connectivity index (χ4v) is 2.77. The van der Waals surface area contributed by atoms with Crippen LogP contribution < -0.4 is 0 Å². The Labute approximate surface area is 125 Å². The molecule has 4 heteroatoms. The number of carbonyl (C=O) groups excluding carboxylic acids is 1. The molecule has 1 saturated carbocycles. The predicted molar refractivity (Wildman–Crippen MR) is 81.0 cm³/mol. The van der Waals surface area contributed by atoms with Gasteiger partial charge in [-0.05, 0) is 38.2 Å². The summed E-state index contributed by atoms with van der Waals surface area (Å²) >= 11 is 0. The second kappa shape index (κ2) is 6.74. The number of amides is 1. The molecular weight excluding hydrogens is 266 g/mol. The quantitative estimate of drug-likeness (QED) is 0.839. The molecule has 0 aromatic heterocycles. The summed E-state index contributed by atoms with van der Waals surface area (Å²) in [5.41, 5.74) is 1.23. The average molecular weight is 289 g/mol. The van der Waals surface area contributed by atoms with E-state index in [2.05, 4.69) is 12.1 Å². The van der Waals surface area contributed by atoms with Crippen LogP contribution in [0, 0.1) is 5.92 Å². The van der Waals surface area contributed by atoms with E-state index in [-0.39, 0.29) is 24.3 Å². The molecule has 21 heavy (non-hydrogen) atoms. The molecule has 4 nitrogen and oxygen atoms in total. The Morgan fingerprint density at radius 2 is 1.95 bits per heavy atom. The van der Waals surface area contributed by atoms with E-state index < -0.39 is 5.97 Å². The Morgan fingerprint density at radius 1 is 1.29 bits per heavy atom. The maximum atomic E-state index is 12.6. The molecular formula is C17H23NO3. The van der Waals surface area contributed by atoms with E-state index in [1.807, 2.05) is 36.9 Å². The standard InChI is InChI=1S/C17H23NO3/c1-12(2)18(10-6-9-16(19)20)17(21)15-11-14(15)13-7-4-3-5-8-13/h3-5,7-8,12,14-15H,6,9-11H2,1-2H3,(H,19,20). The van der Waals surface area contributed by atoms with Crippen LogP contribution in [0.4, 0.5) is 0 Å². The lowest BCUT2D eigenvalue weighted by molar-refractivity contribution is -0.139. The number of rotatable bonds is 7. The maximum Gasteiger partial charge on any atom is 0.303 e. The zero-order valence-electron chi connectivity index (χ0n) is 12.7. The summed E-state index contributed by atoms with van der Waals surface area (Å²) in [5, 5.41) is 8.71. The van der Waals surface area contributed by atoms with Crippen LogP contribution in [0.2, 0.25) is 0 Å². The van der Waals surface area contributed by atoms with Gasteiger partial charge in [-0.25, -0.2) is 0 Å². The summed E-state index contributed by atoms with van der Waals surface area (Å²) in [6.07, 6.45) is 1.54. The van der Waals surface area contributed by atoms with E-state index >= 15 is 0 Å². The average Bonchev–Trinajstić information content (AvgIpc) is 3.23. The predicted octanol–water partition coefficient (Wildman–Crippen LogP) is 2.89. The number of benzene rings is 1. The molecule has 0 bridgehead atoms. The molecule has 2 rings (SSSR count). The summed E-state index contributed by atoms with van der Waals surface area (Å²) in [4.78, 5) is 25.0. The van der Waals surface area contributed by atoms with E-state index in [4.69, 9.17) is 5.11 Å². The number of aliphatic carboxylic acids is 1. The van der Waals surface area contributed by atoms with E-state index in [0.717, 1.165) is 6.42 Å². The van der Waals surface area contributed by atoms with Crippen molar-refractivity contribution in [2.45, 2.75) is 45.1 Å². The lowest BCUT2D eigenvalue weighted by Crippen LogP contribution is -2.39. The fourth-order valence-electron chi connectivity index (χ4n) is 2.77. The van der Waals surface area contributed by atoms with Crippen LogP contribution in [-0.4, -0.2) is 34.5 Å². The van der Waals surface area contributed by atoms with Gasteiger partial charge in [0.15, 0.2) is 0 Å². The first-order chi connectivity index (χ1) is 10.0. The van der Waals surface area contributed by atoms with Gasteiger partial charge in [0.05, 0.1) is 0 Å². The van der Waals surface area contributed by atoms with Gasteiger partial charge in [-0.2, -0.15) is 0 Å². The summed E-state index contributed by atoms with van der Waals surface area (Å²) in [7, 11) is 0. The molecule has 114 valence electrons. The third-order valence-corrected chi connectivity index (χ3v) is 4.03. The highest BCUT2D eigenvalue weighted by atomic mass is 16.4. The number of carboxylic acid groups (broad SMARTS) is 1. The highest BCUT2D eigenvalue weighted by molar-refractivity contribution is 5.83. The van der Waals surface area contributed by atoms with Crippen molar-refractivity contribution >= 4 is 11.9 Å². The third kappa shape index (κ3) is 4.06. The van der Waals surface area contributed by atoms with Crippen LogP contribution in [0.3, 0.4) is 0 Å². The molecule has 0 radical (unpaired) electrons. The first-order valence-electron chi connectivity index (χ1n) is 7.58. The largest absolute Gasteiger partial charge is 0.481 e. The summed E-state index contributed by atoms with van der Waals surface area (Å²) in [6, 6.07) is 10.2. The first-order valence-corrected chi connectivity index (χ1v) is 7.58. The molecule has 1 amide bonds. The van der Waals surface area contributed by atoms with Crippen molar-refractivity contribution in [3.63, 3.8) is 0 Å². The third-order valence-electron chi connectivity index (χ3n) is 4.03. The van der Waals surface area contributed by atoms with Gasteiger partial charge in [0, 0.05) is 24.9 Å². The van der Waals surface area contributed by atoms with Gasteiger partial charge in [-0.3, -0.25) is 9.59 Å². The molecule has 1 N–H and O–H groups in total. The number of nitrogens with zero attached hydrogens (tertiary/aromatic N) is 1. The minimum absolute atomic E-state index is 0.0691. The topological polar surface area (TPSA) is 57.6 Å². The lowest BCUT2D eigenvalue weighted by atomic mass is 10.1. The molecule has 0 heterocycles. The second-order valence-electron chi connectivity index (χ2n) is 5.98. The number of hydrogen-bond acceptors (Lipinski definition) is 2. The lowest BCUT2D eigenvalue weighted by Gasteiger charge is -2.27. The minimum Gasteiger partial charge on any atom is -0.481 e. The second-order valence-corrected chi connectivity index (χ2v) is 5.98. The van der Waals surface area contributed by atoms with Crippen LogP contribution in [0.5, 0.6) is 0 Å². The molecule has 1 aromatic rings. The van der Waals surface area contributed by atoms with Crippen LogP contribution >= 0.6 is 0 Å². The Balaban J connectivity index is 1.92. The van der Waals surface area contributed by atoms with Crippen molar-refractivity contribution < 1.29 is 14.7 Å². The minimum atomic E-state index is -0.806. The summed E-state index contributed by atoms with van der Waals surface area (Å²) in [6.45, 7) is 4.50. The maximum absolute atomic E-state index is 12.6. The fraction of sp³-hybridized carbons (Fsp3) is 0.529. The molecule has 1 aromatic carbocycles. The van der Waals surface area contributed by atoms with E-state index in [9.17, 15) is 9.59 Å². The molecule has 1 fully saturated rings. The van der Waals surface area contributed by atoms with Crippen molar-refractivity contribution in [2.75, 3.05) is 6.54 Å². The van der Waals surface area contributed by atoms with Gasteiger partial charge in [0.1, 0.15) is 0 Å². The van der Waals surface area contributed by atoms with Crippen molar-refractivity contribution in [1.82, 2.24) is 4.90 Å². The van der Waals surface area contributed by atoms with E-state index in [1.165, 1.54) is 5.56 Å². The van der Waals surface area contributed by atoms with Crippen molar-refractivity contribution in [2.24, 2.45) is 5.92 Å². The molecule has 2 unspecified atom stereocenters. The van der Waals surface area contributed by atoms with Gasteiger partial charge in [0.2, 0.25) is 5.91 Å². The van der Waals surface area contributed by atoms with Crippen molar-refractivity contribution in [3.05, 3.63) is 35.9 Å². The van der Waals surface area contributed by atoms with Crippen molar-refractivity contribution in [1.29, 1.82) is 0 Å². The van der Waals surface area contributed by atoms with Crippen LogP contribution in [-0.2, 0) is 9.59 Å².